The fourth-order valence-corrected chi connectivity index (χ4v) is 4.25. The molecule has 34 heavy (non-hydrogen) atoms. The highest BCUT2D eigenvalue weighted by atomic mass is 16.2. The summed E-state index contributed by atoms with van der Waals surface area (Å²) in [6.07, 6.45) is 5.34. The Morgan fingerprint density at radius 1 is 1.03 bits per heavy atom. The fraction of sp³-hybridized carbons (Fsp3) is 0.538. The number of aromatic nitrogens is 4. The van der Waals surface area contributed by atoms with Crippen molar-refractivity contribution >= 4 is 22.8 Å². The number of H-pyrrole nitrogens is 1. The SMILES string of the molecule is CCCCCn1c(CCC(=O)Nc2ccccc2C(C)C)nc2c1c(=O)[nH]c(=O)n2CCCC. The van der Waals surface area contributed by atoms with Crippen LogP contribution in [-0.2, 0) is 24.3 Å². The number of imidazole rings is 1. The first-order chi connectivity index (χ1) is 16.4. The molecular weight excluding hydrogens is 430 g/mol. The van der Waals surface area contributed by atoms with Crippen LogP contribution < -0.4 is 16.6 Å². The molecule has 1 amide bonds. The summed E-state index contributed by atoms with van der Waals surface area (Å²) in [6.45, 7) is 9.51. The number of fused-ring (bicyclic) bond motifs is 1. The van der Waals surface area contributed by atoms with Gasteiger partial charge in [0.05, 0.1) is 0 Å². The average molecular weight is 468 g/mol. The summed E-state index contributed by atoms with van der Waals surface area (Å²) in [5.41, 5.74) is 1.90. The first-order valence-electron chi connectivity index (χ1n) is 12.5. The Labute approximate surface area is 200 Å². The van der Waals surface area contributed by atoms with E-state index < -0.39 is 11.2 Å². The number of amides is 1. The molecule has 1 aromatic carbocycles. The second-order valence-electron chi connectivity index (χ2n) is 9.11. The molecule has 0 aliphatic heterocycles. The number of nitrogens with one attached hydrogen (secondary N) is 2. The molecule has 8 heteroatoms. The third kappa shape index (κ3) is 5.85. The van der Waals surface area contributed by atoms with Crippen molar-refractivity contribution in [2.24, 2.45) is 0 Å². The minimum atomic E-state index is -0.432. The first kappa shape index (κ1) is 25.5. The number of hydrogen-bond acceptors (Lipinski definition) is 4. The van der Waals surface area contributed by atoms with Gasteiger partial charge in [-0.05, 0) is 30.4 Å². The Morgan fingerprint density at radius 3 is 2.44 bits per heavy atom. The molecule has 0 bridgehead atoms. The number of aryl methyl sites for hydroxylation is 3. The Kier molecular flexibility index (Phi) is 8.85. The van der Waals surface area contributed by atoms with Gasteiger partial charge in [-0.25, -0.2) is 9.78 Å². The van der Waals surface area contributed by atoms with Crippen molar-refractivity contribution < 1.29 is 4.79 Å². The number of para-hydroxylation sites is 1. The quantitative estimate of drug-likeness (QED) is 0.381. The molecule has 0 atom stereocenters. The maximum Gasteiger partial charge on any atom is 0.330 e. The largest absolute Gasteiger partial charge is 0.330 e. The molecular formula is C26H37N5O3. The van der Waals surface area contributed by atoms with Gasteiger partial charge < -0.3 is 9.88 Å². The van der Waals surface area contributed by atoms with E-state index in [9.17, 15) is 14.4 Å². The maximum atomic E-state index is 12.8. The standard InChI is InChI=1S/C26H37N5O3/c1-5-7-11-17-30-21(14-15-22(32)27-20-13-10-9-12-19(20)18(3)4)28-24-23(30)25(33)29-26(34)31(24)16-8-6-2/h9-10,12-13,18H,5-8,11,14-17H2,1-4H3,(H,27,32)(H,29,33,34). The molecule has 8 nitrogen and oxygen atoms in total. The Bertz CT molecular complexity index is 1240. The predicted molar refractivity (Wildman–Crippen MR) is 137 cm³/mol. The lowest BCUT2D eigenvalue weighted by Crippen LogP contribution is -2.31. The molecule has 0 saturated heterocycles. The van der Waals surface area contributed by atoms with Crippen LogP contribution in [0.15, 0.2) is 33.9 Å². The molecule has 0 fully saturated rings. The van der Waals surface area contributed by atoms with E-state index in [0.29, 0.717) is 42.4 Å². The Morgan fingerprint density at radius 2 is 1.74 bits per heavy atom. The monoisotopic (exact) mass is 467 g/mol. The van der Waals surface area contributed by atoms with Crippen LogP contribution in [0.25, 0.3) is 11.2 Å². The molecule has 184 valence electrons. The van der Waals surface area contributed by atoms with Gasteiger partial charge in [0, 0.05) is 31.6 Å². The third-order valence-corrected chi connectivity index (χ3v) is 6.12. The van der Waals surface area contributed by atoms with Gasteiger partial charge in [0.2, 0.25) is 5.91 Å². The van der Waals surface area contributed by atoms with Gasteiger partial charge >= 0.3 is 5.69 Å². The van der Waals surface area contributed by atoms with E-state index in [1.54, 1.807) is 4.57 Å². The number of hydrogen-bond donors (Lipinski definition) is 2. The smallest absolute Gasteiger partial charge is 0.326 e. The number of carbonyl (C=O) groups excluding carboxylic acids is 1. The number of carbonyl (C=O) groups is 1. The molecule has 2 N–H and O–H groups in total. The highest BCUT2D eigenvalue weighted by Crippen LogP contribution is 2.24. The number of benzene rings is 1. The van der Waals surface area contributed by atoms with Crippen molar-refractivity contribution in [1.82, 2.24) is 19.1 Å². The zero-order valence-electron chi connectivity index (χ0n) is 20.8. The second kappa shape index (κ2) is 11.8. The van der Waals surface area contributed by atoms with E-state index in [1.807, 2.05) is 28.8 Å². The lowest BCUT2D eigenvalue weighted by molar-refractivity contribution is -0.116. The highest BCUT2D eigenvalue weighted by Gasteiger charge is 2.19. The lowest BCUT2D eigenvalue weighted by atomic mass is 10.0. The summed E-state index contributed by atoms with van der Waals surface area (Å²) in [7, 11) is 0. The zero-order valence-corrected chi connectivity index (χ0v) is 20.8. The third-order valence-electron chi connectivity index (χ3n) is 6.12. The molecule has 0 aliphatic carbocycles. The van der Waals surface area contributed by atoms with Crippen LogP contribution in [0.2, 0.25) is 0 Å². The van der Waals surface area contributed by atoms with E-state index in [-0.39, 0.29) is 12.3 Å². The number of unbranched alkanes of at least 4 members (excludes halogenated alkanes) is 3. The molecule has 0 unspecified atom stereocenters. The number of rotatable bonds is 12. The van der Waals surface area contributed by atoms with Crippen LogP contribution in [0.5, 0.6) is 0 Å². The molecule has 0 aliphatic rings. The van der Waals surface area contributed by atoms with Crippen LogP contribution in [0.4, 0.5) is 5.69 Å². The van der Waals surface area contributed by atoms with Crippen LogP contribution in [-0.4, -0.2) is 25.0 Å². The van der Waals surface area contributed by atoms with Crippen LogP contribution >= 0.6 is 0 Å². The summed E-state index contributed by atoms with van der Waals surface area (Å²) in [6, 6.07) is 7.82. The zero-order chi connectivity index (χ0) is 24.7. The molecule has 0 spiro atoms. The molecule has 0 saturated carbocycles. The second-order valence-corrected chi connectivity index (χ2v) is 9.11. The Balaban J connectivity index is 1.90. The van der Waals surface area contributed by atoms with E-state index in [0.717, 1.165) is 43.4 Å². The highest BCUT2D eigenvalue weighted by molar-refractivity contribution is 5.91. The van der Waals surface area contributed by atoms with Gasteiger partial charge in [0.25, 0.3) is 5.56 Å². The average Bonchev–Trinajstić information content (AvgIpc) is 3.16. The maximum absolute atomic E-state index is 12.8. The van der Waals surface area contributed by atoms with Crippen LogP contribution in [0, 0.1) is 0 Å². The van der Waals surface area contributed by atoms with Crippen molar-refractivity contribution in [3.05, 3.63) is 56.5 Å². The topological polar surface area (TPSA) is 102 Å². The van der Waals surface area contributed by atoms with E-state index in [1.165, 1.54) is 0 Å². The lowest BCUT2D eigenvalue weighted by Gasteiger charge is -2.14. The predicted octanol–water partition coefficient (Wildman–Crippen LogP) is 4.57. The Hall–Kier alpha value is -3.16. The van der Waals surface area contributed by atoms with Gasteiger partial charge in [0.15, 0.2) is 11.2 Å². The van der Waals surface area contributed by atoms with Crippen LogP contribution in [0.3, 0.4) is 0 Å². The van der Waals surface area contributed by atoms with Crippen molar-refractivity contribution in [3.63, 3.8) is 0 Å². The summed E-state index contributed by atoms with van der Waals surface area (Å²) in [5, 5.41) is 3.03. The molecule has 3 aromatic rings. The van der Waals surface area contributed by atoms with Crippen molar-refractivity contribution in [2.75, 3.05) is 5.32 Å². The number of anilines is 1. The van der Waals surface area contributed by atoms with Gasteiger partial charge in [-0.1, -0.05) is 65.2 Å². The number of nitrogens with zero attached hydrogens (tertiary/aromatic N) is 3. The van der Waals surface area contributed by atoms with Gasteiger partial charge in [-0.2, -0.15) is 0 Å². The molecule has 3 rings (SSSR count). The van der Waals surface area contributed by atoms with E-state index >= 15 is 0 Å². The van der Waals surface area contributed by atoms with Gasteiger partial charge in [-0.15, -0.1) is 0 Å². The normalized spacial score (nSPS) is 11.4. The van der Waals surface area contributed by atoms with Crippen molar-refractivity contribution in [1.29, 1.82) is 0 Å². The van der Waals surface area contributed by atoms with Gasteiger partial charge in [-0.3, -0.25) is 19.1 Å². The number of aromatic amines is 1. The van der Waals surface area contributed by atoms with Crippen LogP contribution in [0.1, 0.15) is 83.5 Å². The molecule has 2 heterocycles. The van der Waals surface area contributed by atoms with Crippen molar-refractivity contribution in [2.45, 2.75) is 91.6 Å². The van der Waals surface area contributed by atoms with E-state index in [4.69, 9.17) is 4.98 Å². The molecule has 0 radical (unpaired) electrons. The minimum Gasteiger partial charge on any atom is -0.326 e. The summed E-state index contributed by atoms with van der Waals surface area (Å²) >= 11 is 0. The summed E-state index contributed by atoms with van der Waals surface area (Å²) < 4.78 is 3.46. The summed E-state index contributed by atoms with van der Waals surface area (Å²) in [5.74, 6) is 0.864. The van der Waals surface area contributed by atoms with Crippen molar-refractivity contribution in [3.8, 4) is 0 Å². The first-order valence-corrected chi connectivity index (χ1v) is 12.5. The fourth-order valence-electron chi connectivity index (χ4n) is 4.25. The summed E-state index contributed by atoms with van der Waals surface area (Å²) in [4.78, 5) is 45.2. The molecule has 2 aromatic heterocycles. The van der Waals surface area contributed by atoms with E-state index in [2.05, 4.69) is 38.0 Å². The minimum absolute atomic E-state index is 0.0995. The van der Waals surface area contributed by atoms with Gasteiger partial charge in [0.1, 0.15) is 5.82 Å².